The lowest BCUT2D eigenvalue weighted by molar-refractivity contribution is -0.121. The first-order valence-corrected chi connectivity index (χ1v) is 8.19. The van der Waals surface area contributed by atoms with E-state index in [0.29, 0.717) is 11.2 Å². The molecule has 7 heteroatoms. The number of rotatable bonds is 6. The van der Waals surface area contributed by atoms with Crippen molar-refractivity contribution < 1.29 is 9.59 Å². The van der Waals surface area contributed by atoms with Crippen molar-refractivity contribution in [1.29, 1.82) is 0 Å². The van der Waals surface area contributed by atoms with Gasteiger partial charge in [-0.15, -0.1) is 0 Å². The molecule has 0 saturated carbocycles. The number of hydrogen-bond acceptors (Lipinski definition) is 4. The lowest BCUT2D eigenvalue weighted by atomic mass is 10.2. The minimum absolute atomic E-state index is 0.0917. The normalized spacial score (nSPS) is 10.5. The first kappa shape index (κ1) is 17.3. The van der Waals surface area contributed by atoms with Crippen molar-refractivity contribution in [2.45, 2.75) is 13.0 Å². The zero-order valence-corrected chi connectivity index (χ0v) is 14.0. The van der Waals surface area contributed by atoms with Gasteiger partial charge in [0.25, 0.3) is 5.56 Å². The van der Waals surface area contributed by atoms with Gasteiger partial charge in [0.15, 0.2) is 0 Å². The van der Waals surface area contributed by atoms with Gasteiger partial charge in [0, 0.05) is 30.7 Å². The Bertz CT molecular complexity index is 983. The molecule has 0 saturated heterocycles. The number of amides is 2. The predicted octanol–water partition coefficient (Wildman–Crippen LogP) is 1.54. The van der Waals surface area contributed by atoms with Crippen molar-refractivity contribution in [3.63, 3.8) is 0 Å². The SMILES string of the molecule is O=C(Cn1ccc2ccccc2c1=O)NCCC(=O)Nc1ccccn1. The molecule has 26 heavy (non-hydrogen) atoms. The van der Waals surface area contributed by atoms with E-state index in [9.17, 15) is 14.4 Å². The van der Waals surface area contributed by atoms with Gasteiger partial charge in [-0.1, -0.05) is 24.3 Å². The quantitative estimate of drug-likeness (QED) is 0.705. The van der Waals surface area contributed by atoms with Gasteiger partial charge < -0.3 is 15.2 Å². The van der Waals surface area contributed by atoms with Crippen molar-refractivity contribution in [2.24, 2.45) is 0 Å². The Morgan fingerprint density at radius 1 is 1.00 bits per heavy atom. The van der Waals surface area contributed by atoms with Crippen LogP contribution in [0.2, 0.25) is 0 Å². The summed E-state index contributed by atoms with van der Waals surface area (Å²) >= 11 is 0. The van der Waals surface area contributed by atoms with Crippen LogP contribution in [0.1, 0.15) is 6.42 Å². The van der Waals surface area contributed by atoms with Crippen LogP contribution in [0.15, 0.2) is 65.7 Å². The molecule has 2 amide bonds. The number of carbonyl (C=O) groups excluding carboxylic acids is 2. The number of pyridine rings is 2. The van der Waals surface area contributed by atoms with Crippen molar-refractivity contribution >= 4 is 28.4 Å². The second-order valence-corrected chi connectivity index (χ2v) is 5.70. The summed E-state index contributed by atoms with van der Waals surface area (Å²) in [6.07, 6.45) is 3.30. The highest BCUT2D eigenvalue weighted by atomic mass is 16.2. The van der Waals surface area contributed by atoms with Gasteiger partial charge in [-0.3, -0.25) is 14.4 Å². The lowest BCUT2D eigenvalue weighted by Crippen LogP contribution is -2.33. The van der Waals surface area contributed by atoms with E-state index in [1.165, 1.54) is 4.57 Å². The molecule has 0 atom stereocenters. The number of hydrogen-bond donors (Lipinski definition) is 2. The molecule has 0 bridgehead atoms. The topological polar surface area (TPSA) is 93.1 Å². The van der Waals surface area contributed by atoms with Gasteiger partial charge in [0.05, 0.1) is 0 Å². The number of nitrogens with zero attached hydrogens (tertiary/aromatic N) is 2. The van der Waals surface area contributed by atoms with Gasteiger partial charge in [-0.25, -0.2) is 4.98 Å². The first-order valence-electron chi connectivity index (χ1n) is 8.19. The molecule has 2 heterocycles. The molecular formula is C19H18N4O3. The van der Waals surface area contributed by atoms with Crippen LogP contribution in [0.4, 0.5) is 5.82 Å². The summed E-state index contributed by atoms with van der Waals surface area (Å²) in [6, 6.07) is 14.2. The van der Waals surface area contributed by atoms with Crippen molar-refractivity contribution in [2.75, 3.05) is 11.9 Å². The molecule has 0 radical (unpaired) electrons. The zero-order chi connectivity index (χ0) is 18.4. The maximum atomic E-state index is 12.4. The van der Waals surface area contributed by atoms with E-state index >= 15 is 0 Å². The largest absolute Gasteiger partial charge is 0.354 e. The number of carbonyl (C=O) groups is 2. The van der Waals surface area contributed by atoms with Crippen LogP contribution < -0.4 is 16.2 Å². The highest BCUT2D eigenvalue weighted by Crippen LogP contribution is 2.07. The minimum atomic E-state index is -0.326. The standard InChI is InChI=1S/C19H18N4O3/c24-17(22-16-7-3-4-10-20-16)8-11-21-18(25)13-23-12-9-14-5-1-2-6-15(14)19(23)26/h1-7,9-10,12H,8,11,13H2,(H,21,25)(H,20,22,24). The molecule has 2 N–H and O–H groups in total. The van der Waals surface area contributed by atoms with Gasteiger partial charge in [0.2, 0.25) is 11.8 Å². The van der Waals surface area contributed by atoms with Gasteiger partial charge in [-0.05, 0) is 29.7 Å². The molecule has 0 fully saturated rings. The molecule has 3 aromatic rings. The van der Waals surface area contributed by atoms with Gasteiger partial charge in [0.1, 0.15) is 12.4 Å². The Morgan fingerprint density at radius 2 is 1.81 bits per heavy atom. The van der Waals surface area contributed by atoms with E-state index in [1.54, 1.807) is 48.8 Å². The summed E-state index contributed by atoms with van der Waals surface area (Å²) in [5, 5.41) is 6.68. The van der Waals surface area contributed by atoms with E-state index in [-0.39, 0.29) is 36.9 Å². The summed E-state index contributed by atoms with van der Waals surface area (Å²) < 4.78 is 1.35. The molecule has 0 aliphatic heterocycles. The third-order valence-electron chi connectivity index (χ3n) is 3.81. The summed E-state index contributed by atoms with van der Waals surface area (Å²) in [7, 11) is 0. The maximum absolute atomic E-state index is 12.4. The fourth-order valence-corrected chi connectivity index (χ4v) is 2.52. The Balaban J connectivity index is 1.51. The fraction of sp³-hybridized carbons (Fsp3) is 0.158. The number of aromatic nitrogens is 2. The van der Waals surface area contributed by atoms with E-state index in [1.807, 2.05) is 12.1 Å². The number of nitrogens with one attached hydrogen (secondary N) is 2. The average Bonchev–Trinajstić information content (AvgIpc) is 2.65. The maximum Gasteiger partial charge on any atom is 0.258 e. The molecule has 1 aromatic carbocycles. The highest BCUT2D eigenvalue weighted by molar-refractivity contribution is 5.90. The van der Waals surface area contributed by atoms with Crippen LogP contribution in [-0.4, -0.2) is 27.9 Å². The lowest BCUT2D eigenvalue weighted by Gasteiger charge is -2.08. The number of anilines is 1. The Hall–Kier alpha value is -3.48. The predicted molar refractivity (Wildman–Crippen MR) is 98.7 cm³/mol. The average molecular weight is 350 g/mol. The van der Waals surface area contributed by atoms with Crippen LogP contribution in [0.3, 0.4) is 0 Å². The van der Waals surface area contributed by atoms with Crippen LogP contribution in [-0.2, 0) is 16.1 Å². The molecule has 132 valence electrons. The smallest absolute Gasteiger partial charge is 0.258 e. The van der Waals surface area contributed by atoms with Crippen molar-refractivity contribution in [3.05, 3.63) is 71.3 Å². The van der Waals surface area contributed by atoms with Gasteiger partial charge >= 0.3 is 0 Å². The summed E-state index contributed by atoms with van der Waals surface area (Å²) in [5.74, 6) is -0.105. The third-order valence-corrected chi connectivity index (χ3v) is 3.81. The van der Waals surface area contributed by atoms with Crippen LogP contribution in [0, 0.1) is 0 Å². The molecule has 2 aromatic heterocycles. The molecule has 7 nitrogen and oxygen atoms in total. The Kier molecular flexibility index (Phi) is 5.38. The first-order chi connectivity index (χ1) is 12.6. The Morgan fingerprint density at radius 3 is 2.62 bits per heavy atom. The second-order valence-electron chi connectivity index (χ2n) is 5.70. The molecule has 0 aliphatic carbocycles. The van der Waals surface area contributed by atoms with Crippen molar-refractivity contribution in [3.8, 4) is 0 Å². The molecular weight excluding hydrogens is 332 g/mol. The molecule has 0 unspecified atom stereocenters. The van der Waals surface area contributed by atoms with Crippen LogP contribution in [0.25, 0.3) is 10.8 Å². The zero-order valence-electron chi connectivity index (χ0n) is 14.0. The molecule has 0 spiro atoms. The third kappa shape index (κ3) is 4.32. The number of benzene rings is 1. The van der Waals surface area contributed by atoms with Crippen molar-refractivity contribution in [1.82, 2.24) is 14.9 Å². The summed E-state index contributed by atoms with van der Waals surface area (Å²) in [6.45, 7) is 0.0887. The van der Waals surface area contributed by atoms with E-state index < -0.39 is 0 Å². The molecule has 3 rings (SSSR count). The molecule has 0 aliphatic rings. The minimum Gasteiger partial charge on any atom is -0.354 e. The van der Waals surface area contributed by atoms with Crippen LogP contribution >= 0.6 is 0 Å². The fourth-order valence-electron chi connectivity index (χ4n) is 2.52. The highest BCUT2D eigenvalue weighted by Gasteiger charge is 2.08. The summed E-state index contributed by atoms with van der Waals surface area (Å²) in [4.78, 5) is 40.2. The summed E-state index contributed by atoms with van der Waals surface area (Å²) in [5.41, 5.74) is -0.217. The van der Waals surface area contributed by atoms with Gasteiger partial charge in [-0.2, -0.15) is 0 Å². The number of fused-ring (bicyclic) bond motifs is 1. The Labute approximate surface area is 149 Å². The monoisotopic (exact) mass is 350 g/mol. The van der Waals surface area contributed by atoms with E-state index in [0.717, 1.165) is 5.39 Å². The van der Waals surface area contributed by atoms with Crippen LogP contribution in [0.5, 0.6) is 0 Å². The van der Waals surface area contributed by atoms with E-state index in [2.05, 4.69) is 15.6 Å². The second kappa shape index (κ2) is 8.06. The van der Waals surface area contributed by atoms with E-state index in [4.69, 9.17) is 0 Å².